The van der Waals surface area contributed by atoms with Crippen molar-refractivity contribution in [3.63, 3.8) is 0 Å². The summed E-state index contributed by atoms with van der Waals surface area (Å²) in [7, 11) is 0. The van der Waals surface area contributed by atoms with Crippen molar-refractivity contribution >= 4 is 5.52 Å². The SMILES string of the molecule is CCOC(OCC)c1nn2c(C3CCCC3)ncc2c(=O)[nH]1. The molecule has 7 heteroatoms. The van der Waals surface area contributed by atoms with Crippen LogP contribution in [0, 0.1) is 0 Å². The van der Waals surface area contributed by atoms with Crippen molar-refractivity contribution in [1.29, 1.82) is 0 Å². The summed E-state index contributed by atoms with van der Waals surface area (Å²) in [5, 5.41) is 4.53. The molecule has 1 N–H and O–H groups in total. The number of imidazole rings is 1. The Morgan fingerprint density at radius 1 is 1.32 bits per heavy atom. The first-order chi connectivity index (χ1) is 10.7. The normalized spacial score (nSPS) is 16.1. The highest BCUT2D eigenvalue weighted by atomic mass is 16.7. The van der Waals surface area contributed by atoms with Crippen molar-refractivity contribution in [2.24, 2.45) is 0 Å². The molecule has 2 heterocycles. The standard InChI is InChI=1S/C15H22N4O3/c1-3-21-15(22-4-2)12-17-14(20)11-9-16-13(19(11)18-12)10-7-5-6-8-10/h9-10,15H,3-8H2,1-2H3,(H,17,18,20). The molecule has 1 saturated carbocycles. The van der Waals surface area contributed by atoms with Gasteiger partial charge in [-0.25, -0.2) is 9.50 Å². The number of nitrogens with one attached hydrogen (secondary N) is 1. The number of fused-ring (bicyclic) bond motifs is 1. The molecule has 0 spiro atoms. The number of H-pyrrole nitrogens is 1. The molecule has 7 nitrogen and oxygen atoms in total. The van der Waals surface area contributed by atoms with E-state index in [0.717, 1.165) is 18.7 Å². The van der Waals surface area contributed by atoms with E-state index in [9.17, 15) is 4.79 Å². The summed E-state index contributed by atoms with van der Waals surface area (Å²) in [5.74, 6) is 1.63. The quantitative estimate of drug-likeness (QED) is 0.827. The molecule has 1 aliphatic rings. The van der Waals surface area contributed by atoms with Crippen molar-refractivity contribution in [1.82, 2.24) is 19.6 Å². The van der Waals surface area contributed by atoms with Gasteiger partial charge in [-0.05, 0) is 26.7 Å². The van der Waals surface area contributed by atoms with E-state index in [4.69, 9.17) is 9.47 Å². The molecule has 0 aliphatic heterocycles. The van der Waals surface area contributed by atoms with Crippen molar-refractivity contribution in [3.8, 4) is 0 Å². The van der Waals surface area contributed by atoms with Gasteiger partial charge in [-0.15, -0.1) is 5.10 Å². The average molecular weight is 306 g/mol. The summed E-state index contributed by atoms with van der Waals surface area (Å²) in [5.41, 5.74) is 0.253. The van der Waals surface area contributed by atoms with Crippen LogP contribution < -0.4 is 5.56 Å². The summed E-state index contributed by atoms with van der Waals surface area (Å²) in [6, 6.07) is 0. The van der Waals surface area contributed by atoms with Gasteiger partial charge in [0.25, 0.3) is 5.56 Å². The lowest BCUT2D eigenvalue weighted by Gasteiger charge is -2.16. The van der Waals surface area contributed by atoms with Gasteiger partial charge >= 0.3 is 0 Å². The van der Waals surface area contributed by atoms with Crippen molar-refractivity contribution in [2.45, 2.75) is 51.7 Å². The maximum absolute atomic E-state index is 12.3. The van der Waals surface area contributed by atoms with E-state index >= 15 is 0 Å². The maximum Gasteiger partial charge on any atom is 0.277 e. The Morgan fingerprint density at radius 3 is 2.64 bits per heavy atom. The third-order valence-corrected chi connectivity index (χ3v) is 4.03. The highest BCUT2D eigenvalue weighted by Gasteiger charge is 2.24. The highest BCUT2D eigenvalue weighted by Crippen LogP contribution is 2.33. The van der Waals surface area contributed by atoms with Crippen LogP contribution in [-0.2, 0) is 9.47 Å². The van der Waals surface area contributed by atoms with Crippen molar-refractivity contribution in [3.05, 3.63) is 28.2 Å². The molecule has 120 valence electrons. The smallest absolute Gasteiger partial charge is 0.277 e. The Morgan fingerprint density at radius 2 is 2.00 bits per heavy atom. The first-order valence-corrected chi connectivity index (χ1v) is 7.95. The lowest BCUT2D eigenvalue weighted by Crippen LogP contribution is -2.22. The fourth-order valence-electron chi connectivity index (χ4n) is 3.01. The number of hydrogen-bond donors (Lipinski definition) is 1. The molecule has 1 fully saturated rings. The van der Waals surface area contributed by atoms with Gasteiger partial charge in [0, 0.05) is 19.1 Å². The lowest BCUT2D eigenvalue weighted by atomic mass is 10.1. The van der Waals surface area contributed by atoms with Gasteiger partial charge in [-0.2, -0.15) is 0 Å². The Balaban J connectivity index is 2.04. The zero-order chi connectivity index (χ0) is 15.5. The minimum atomic E-state index is -0.661. The molecule has 0 saturated heterocycles. The summed E-state index contributed by atoms with van der Waals surface area (Å²) >= 11 is 0. The predicted octanol–water partition coefficient (Wildman–Crippen LogP) is 2.15. The van der Waals surface area contributed by atoms with Gasteiger partial charge in [0.15, 0.2) is 11.3 Å². The molecule has 2 aromatic rings. The Labute approximate surface area is 128 Å². The zero-order valence-electron chi connectivity index (χ0n) is 13.0. The van der Waals surface area contributed by atoms with E-state index in [1.165, 1.54) is 12.8 Å². The van der Waals surface area contributed by atoms with Crippen LogP contribution in [0.15, 0.2) is 11.0 Å². The van der Waals surface area contributed by atoms with E-state index in [1.54, 1.807) is 10.7 Å². The average Bonchev–Trinajstić information content (AvgIpc) is 3.15. The number of nitrogens with zero attached hydrogens (tertiary/aromatic N) is 3. The maximum atomic E-state index is 12.3. The minimum Gasteiger partial charge on any atom is -0.346 e. The van der Waals surface area contributed by atoms with Crippen LogP contribution in [0.5, 0.6) is 0 Å². The zero-order valence-corrected chi connectivity index (χ0v) is 13.0. The fraction of sp³-hybridized carbons (Fsp3) is 0.667. The van der Waals surface area contributed by atoms with Crippen LogP contribution >= 0.6 is 0 Å². The molecule has 1 aliphatic carbocycles. The second-order valence-corrected chi connectivity index (χ2v) is 5.48. The van der Waals surface area contributed by atoms with E-state index in [1.807, 2.05) is 13.8 Å². The van der Waals surface area contributed by atoms with Gasteiger partial charge < -0.3 is 14.5 Å². The molecule has 0 unspecified atom stereocenters. The molecule has 0 bridgehead atoms. The summed E-state index contributed by atoms with van der Waals surface area (Å²) in [6.45, 7) is 4.71. The molecular formula is C15H22N4O3. The Bertz CT molecular complexity index is 682. The van der Waals surface area contributed by atoms with Gasteiger partial charge in [0.1, 0.15) is 5.82 Å². The van der Waals surface area contributed by atoms with E-state index in [-0.39, 0.29) is 5.56 Å². The summed E-state index contributed by atoms with van der Waals surface area (Å²) in [6.07, 6.45) is 5.55. The lowest BCUT2D eigenvalue weighted by molar-refractivity contribution is -0.145. The van der Waals surface area contributed by atoms with E-state index in [2.05, 4.69) is 15.1 Å². The molecule has 3 rings (SSSR count). The molecule has 22 heavy (non-hydrogen) atoms. The monoisotopic (exact) mass is 306 g/mol. The largest absolute Gasteiger partial charge is 0.346 e. The minimum absolute atomic E-state index is 0.217. The molecule has 0 atom stereocenters. The first-order valence-electron chi connectivity index (χ1n) is 7.95. The second kappa shape index (κ2) is 6.58. The van der Waals surface area contributed by atoms with Crippen molar-refractivity contribution in [2.75, 3.05) is 13.2 Å². The van der Waals surface area contributed by atoms with Crippen LogP contribution in [0.25, 0.3) is 5.52 Å². The van der Waals surface area contributed by atoms with Crippen molar-refractivity contribution < 1.29 is 9.47 Å². The highest BCUT2D eigenvalue weighted by molar-refractivity contribution is 5.42. The number of ether oxygens (including phenoxy) is 2. The first kappa shape index (κ1) is 15.2. The van der Waals surface area contributed by atoms with Gasteiger partial charge in [-0.1, -0.05) is 12.8 Å². The number of hydrogen-bond acceptors (Lipinski definition) is 5. The van der Waals surface area contributed by atoms with E-state index < -0.39 is 6.29 Å². The predicted molar refractivity (Wildman–Crippen MR) is 80.8 cm³/mol. The van der Waals surface area contributed by atoms with Gasteiger partial charge in [0.05, 0.1) is 6.20 Å². The van der Waals surface area contributed by atoms with Crippen LogP contribution in [0.4, 0.5) is 0 Å². The van der Waals surface area contributed by atoms with E-state index in [0.29, 0.717) is 30.5 Å². The summed E-state index contributed by atoms with van der Waals surface area (Å²) in [4.78, 5) is 19.4. The number of aromatic amines is 1. The third kappa shape index (κ3) is 2.78. The number of aromatic nitrogens is 4. The molecule has 2 aromatic heterocycles. The van der Waals surface area contributed by atoms with Crippen LogP contribution in [0.1, 0.15) is 63.4 Å². The van der Waals surface area contributed by atoms with Crippen LogP contribution in [0.3, 0.4) is 0 Å². The van der Waals surface area contributed by atoms with Crippen LogP contribution in [-0.4, -0.2) is 32.8 Å². The van der Waals surface area contributed by atoms with Gasteiger partial charge in [0.2, 0.25) is 6.29 Å². The Hall–Kier alpha value is -1.73. The topological polar surface area (TPSA) is 81.5 Å². The second-order valence-electron chi connectivity index (χ2n) is 5.48. The molecule has 0 aromatic carbocycles. The molecule has 0 radical (unpaired) electrons. The molecule has 0 amide bonds. The Kier molecular flexibility index (Phi) is 4.54. The van der Waals surface area contributed by atoms with Crippen LogP contribution in [0.2, 0.25) is 0 Å². The van der Waals surface area contributed by atoms with Gasteiger partial charge in [-0.3, -0.25) is 4.79 Å². The third-order valence-electron chi connectivity index (χ3n) is 4.03. The summed E-state index contributed by atoms with van der Waals surface area (Å²) < 4.78 is 12.7. The fourth-order valence-corrected chi connectivity index (χ4v) is 3.01. The number of rotatable bonds is 6. The molecular weight excluding hydrogens is 284 g/mol.